The van der Waals surface area contributed by atoms with Crippen LogP contribution in [-0.4, -0.2) is 219 Å². The molecule has 9 unspecified atom stereocenters. The van der Waals surface area contributed by atoms with Crippen LogP contribution in [0.3, 0.4) is 0 Å². The number of para-hydroxylation sites is 1. The highest BCUT2D eigenvalue weighted by molar-refractivity contribution is 7.48. The van der Waals surface area contributed by atoms with Crippen molar-refractivity contribution < 1.29 is 140 Å². The van der Waals surface area contributed by atoms with Crippen LogP contribution in [0.5, 0.6) is 0 Å². The van der Waals surface area contributed by atoms with Gasteiger partial charge in [0.1, 0.15) is 67.5 Å². The number of carbonyl (C=O) groups excluding carboxylic acids is 3. The summed E-state index contributed by atoms with van der Waals surface area (Å²) in [5.41, 5.74) is -1.78. The number of nitrogens with one attached hydrogen (secondary N) is 5. The normalized spacial score (nSPS) is 23.7. The van der Waals surface area contributed by atoms with Gasteiger partial charge in [0.25, 0.3) is 16.7 Å². The molecule has 4 fully saturated rings. The van der Waals surface area contributed by atoms with Gasteiger partial charge in [-0.1, -0.05) is 68.4 Å². The summed E-state index contributed by atoms with van der Waals surface area (Å²) in [7, 11) is -25.8. The number of anilines is 1. The average Bonchev–Trinajstić information content (AvgIpc) is 1.42. The molecule has 50 heteroatoms. The number of rotatable bonds is 50. The number of aryl methyl sites for hydroxylation is 3. The Hall–Kier alpha value is -7.28. The number of H-pyrrole nitrogens is 3. The standard InChI is InChI=1S/C73H102N9O36P5/c1-5-6-27-107-120(94,95)116-55-36-65(80-39-47(2)68(86)76-71(80)89)113-60(55)46-111-123(100,101)118-57-38-67(82-41-49(4)70(88)78-73(82)91)114-61(57)45-110-121(96,97)115-54-23-30-105-58(54)43-109-122(98,99)117-56-37-66(81-40-48(3)69(87)77-72(81)90)112-59(56)44-108-119(92,93)106-28-14-8-7-13-25-74-63(84)24-29-102-32-34-104-35-33-103-31-26-75-62(83)21-22-64(85)79-42-52-17-10-9-15-50(52)19-20-51-16-11-12-18-53(51)79/h9-12,15-18,39-41,54-61,65-67H,5-8,13-14,21-38,42-46H2,1-4H3,(H,74,84)(H,75,83)(H,92,93)(H,94,95)(H,96,97)(H,98,99)(H,100,101)(H,76,86,89)(H,77,87,90)(H,78,88,91)/t54?,55?,56?,57?,58-,59-,60-,61-,65-,66-,67-/m1/s1. The van der Waals surface area contributed by atoms with Gasteiger partial charge in [-0.15, -0.1) is 0 Å². The van der Waals surface area contributed by atoms with Crippen LogP contribution in [0.1, 0.15) is 142 Å². The minimum atomic E-state index is -5.41. The average molecular weight is 1840 g/mol. The third kappa shape index (κ3) is 30.2. The van der Waals surface area contributed by atoms with E-state index in [0.29, 0.717) is 50.9 Å². The lowest BCUT2D eigenvalue weighted by Crippen LogP contribution is -2.34. The second-order valence-corrected chi connectivity index (χ2v) is 36.0. The molecule has 3 amide bonds. The molecule has 10 rings (SSSR count). The summed E-state index contributed by atoms with van der Waals surface area (Å²) in [5, 5.41) is 5.57. The maximum atomic E-state index is 13.9. The number of amides is 3. The van der Waals surface area contributed by atoms with Crippen molar-refractivity contribution in [1.29, 1.82) is 0 Å². The molecule has 5 aliphatic heterocycles. The minimum absolute atomic E-state index is 0.00347. The first-order valence-electron chi connectivity index (χ1n) is 39.6. The van der Waals surface area contributed by atoms with E-state index < -0.39 is 180 Å². The van der Waals surface area contributed by atoms with Crippen molar-refractivity contribution in [2.45, 2.75) is 185 Å². The molecule has 0 bridgehead atoms. The number of carbonyl (C=O) groups is 3. The third-order valence-corrected chi connectivity index (χ3v) is 24.7. The molecule has 0 radical (unpaired) electrons. The van der Waals surface area contributed by atoms with Crippen LogP contribution in [0.25, 0.3) is 0 Å². The van der Waals surface area contributed by atoms with Crippen LogP contribution >= 0.6 is 39.1 Å². The van der Waals surface area contributed by atoms with E-state index in [0.717, 1.165) is 49.0 Å². The van der Waals surface area contributed by atoms with Crippen molar-refractivity contribution >= 4 is 62.5 Å². The van der Waals surface area contributed by atoms with Gasteiger partial charge < -0.3 is 73.2 Å². The fraction of sp³-hybridized carbons (Fsp3) is 0.603. The van der Waals surface area contributed by atoms with E-state index in [2.05, 4.69) is 37.4 Å². The highest BCUT2D eigenvalue weighted by atomic mass is 31.2. The van der Waals surface area contributed by atoms with Gasteiger partial charge in [0.15, 0.2) is 0 Å². The van der Waals surface area contributed by atoms with E-state index in [9.17, 15) is 90.4 Å². The van der Waals surface area contributed by atoms with E-state index in [-0.39, 0.29) is 139 Å². The van der Waals surface area contributed by atoms with Gasteiger partial charge >= 0.3 is 56.2 Å². The number of fused-ring (bicyclic) bond motifs is 2. The fourth-order valence-electron chi connectivity index (χ4n) is 13.2. The molecule has 3 aromatic heterocycles. The van der Waals surface area contributed by atoms with E-state index >= 15 is 0 Å². The number of hydrogen-bond acceptors (Lipinski definition) is 31. The Morgan fingerprint density at radius 1 is 0.463 bits per heavy atom. The number of benzene rings is 2. The number of phosphoric ester groups is 5. The molecule has 0 saturated carbocycles. The van der Waals surface area contributed by atoms with Crippen LogP contribution in [0.15, 0.2) is 95.9 Å². The molecule has 2 aromatic carbocycles. The van der Waals surface area contributed by atoms with E-state index in [1.54, 1.807) is 11.8 Å². The number of unbranched alkanes of at least 4 members (excludes halogenated alkanes) is 4. The first-order valence-corrected chi connectivity index (χ1v) is 47.1. The Morgan fingerprint density at radius 2 is 0.878 bits per heavy atom. The summed E-state index contributed by atoms with van der Waals surface area (Å²) in [6.07, 6.45) is -11.5. The Morgan fingerprint density at radius 3 is 1.41 bits per heavy atom. The highest BCUT2D eigenvalue weighted by Gasteiger charge is 2.49. The largest absolute Gasteiger partial charge is 0.472 e. The van der Waals surface area contributed by atoms with E-state index in [1.165, 1.54) is 20.8 Å². The van der Waals surface area contributed by atoms with Crippen LogP contribution < -0.4 is 49.3 Å². The number of hydrogen-bond donors (Lipinski definition) is 10. The van der Waals surface area contributed by atoms with Gasteiger partial charge in [-0.25, -0.2) is 37.2 Å². The molecule has 0 spiro atoms. The second kappa shape index (κ2) is 45.9. The maximum Gasteiger partial charge on any atom is 0.472 e. The van der Waals surface area contributed by atoms with Crippen molar-refractivity contribution in [3.8, 4) is 11.8 Å². The lowest BCUT2D eigenvalue weighted by Gasteiger charge is -2.26. The van der Waals surface area contributed by atoms with Crippen LogP contribution in [-0.2, 0) is 122 Å². The molecule has 0 aliphatic carbocycles. The molecule has 5 aromatic rings. The zero-order valence-electron chi connectivity index (χ0n) is 67.6. The lowest BCUT2D eigenvalue weighted by atomic mass is 10.0. The summed E-state index contributed by atoms with van der Waals surface area (Å²) in [4.78, 5) is 177. The Balaban J connectivity index is 0.617. The summed E-state index contributed by atoms with van der Waals surface area (Å²) in [6, 6.07) is 15.1. The molecular formula is C73H102N9O36P5. The quantitative estimate of drug-likeness (QED) is 0.0149. The van der Waals surface area contributed by atoms with Gasteiger partial charge in [-0.2, -0.15) is 0 Å². The highest BCUT2D eigenvalue weighted by Crippen LogP contribution is 2.55. The summed E-state index contributed by atoms with van der Waals surface area (Å²) in [5.74, 6) is 5.64. The van der Waals surface area contributed by atoms with Crippen molar-refractivity contribution in [3.63, 3.8) is 0 Å². The van der Waals surface area contributed by atoms with Crippen molar-refractivity contribution in [1.82, 2.24) is 39.3 Å². The second-order valence-electron chi connectivity index (χ2n) is 29.0. The molecule has 680 valence electrons. The van der Waals surface area contributed by atoms with Crippen LogP contribution in [0.2, 0.25) is 0 Å². The predicted octanol–water partition coefficient (Wildman–Crippen LogP) is 4.12. The Labute approximate surface area is 702 Å². The van der Waals surface area contributed by atoms with Gasteiger partial charge in [0, 0.05) is 111 Å². The molecular weight excluding hydrogens is 1730 g/mol. The Kier molecular flexibility index (Phi) is 36.6. The van der Waals surface area contributed by atoms with Gasteiger partial charge in [0.05, 0.1) is 91.5 Å². The minimum Gasteiger partial charge on any atom is -0.379 e. The summed E-state index contributed by atoms with van der Waals surface area (Å²) < 4.78 is 164. The number of aromatic amines is 3. The third-order valence-electron chi connectivity index (χ3n) is 19.7. The van der Waals surface area contributed by atoms with Crippen molar-refractivity contribution in [3.05, 3.63) is 163 Å². The van der Waals surface area contributed by atoms with Crippen LogP contribution in [0.4, 0.5) is 5.69 Å². The molecule has 45 nitrogen and oxygen atoms in total. The topological polar surface area (TPSA) is 587 Å². The molecule has 123 heavy (non-hydrogen) atoms. The zero-order chi connectivity index (χ0) is 88.7. The SMILES string of the molecule is CCCCOP(=O)(O)OC1C[C@H](n2cc(C)c(=O)[nH]c2=O)O[C@@H]1COP(=O)(O)OC1C[C@H](n2cc(C)c(=O)[nH]c2=O)O[C@@H]1COP(=O)(O)OC1CCO[C@@H]1COP(=O)(O)OC1C[C@H](n2cc(C)c(=O)[nH]c2=O)O[C@@H]1COP(=O)(O)OCCCCCCNC(=O)CCOCCOCCOCCNC(=O)CCC(=O)N1Cc2ccccc2C#Cc2ccccc21. The molecule has 4 saturated heterocycles. The maximum absolute atomic E-state index is 13.9. The van der Waals surface area contributed by atoms with Crippen molar-refractivity contribution in [2.75, 3.05) is 104 Å². The fourth-order valence-corrected chi connectivity index (χ4v) is 17.9. The summed E-state index contributed by atoms with van der Waals surface area (Å²) >= 11 is 0. The predicted molar refractivity (Wildman–Crippen MR) is 428 cm³/mol. The molecule has 5 aliphatic rings. The van der Waals surface area contributed by atoms with Gasteiger partial charge in [-0.3, -0.25) is 103 Å². The number of phosphoric acid groups is 5. The Bertz CT molecular complexity index is 5150. The van der Waals surface area contributed by atoms with Gasteiger partial charge in [0.2, 0.25) is 17.7 Å². The number of ether oxygens (including phenoxy) is 7. The molecule has 8 heterocycles. The van der Waals surface area contributed by atoms with E-state index in [4.69, 9.17) is 78.4 Å². The number of aromatic nitrogens is 6. The van der Waals surface area contributed by atoms with E-state index in [1.807, 2.05) is 48.5 Å². The van der Waals surface area contributed by atoms with Gasteiger partial charge in [-0.05, 0) is 63.8 Å². The molecule has 10 N–H and O–H groups in total. The monoisotopic (exact) mass is 1840 g/mol. The summed E-state index contributed by atoms with van der Waals surface area (Å²) in [6.45, 7) is 3.88. The lowest BCUT2D eigenvalue weighted by molar-refractivity contribution is -0.125. The zero-order valence-corrected chi connectivity index (χ0v) is 72.1. The number of nitrogens with zero attached hydrogens (tertiary/aromatic N) is 4. The van der Waals surface area contributed by atoms with Crippen molar-refractivity contribution in [2.24, 2.45) is 0 Å². The first kappa shape index (κ1) is 97.9. The molecule has 16 atom stereocenters. The smallest absolute Gasteiger partial charge is 0.379 e. The van der Waals surface area contributed by atoms with Crippen LogP contribution in [0, 0.1) is 32.6 Å². The first-order chi connectivity index (χ1) is 58.5.